The number of hydrogen-bond donors (Lipinski definition) is 0. The van der Waals surface area contributed by atoms with Crippen molar-refractivity contribution in [3.63, 3.8) is 0 Å². The van der Waals surface area contributed by atoms with E-state index in [1.54, 1.807) is 6.20 Å². The second-order valence-electron chi connectivity index (χ2n) is 3.96. The highest BCUT2D eigenvalue weighted by Gasteiger charge is 2.40. The van der Waals surface area contributed by atoms with Crippen LogP contribution in [0.2, 0.25) is 0 Å². The van der Waals surface area contributed by atoms with Crippen molar-refractivity contribution in [1.29, 1.82) is 0 Å². The summed E-state index contributed by atoms with van der Waals surface area (Å²) in [5.41, 5.74) is 0. The predicted molar refractivity (Wildman–Crippen MR) is 57.4 cm³/mol. The third kappa shape index (κ3) is 1.54. The zero-order valence-electron chi connectivity index (χ0n) is 7.99. The van der Waals surface area contributed by atoms with Crippen LogP contribution in [-0.4, -0.2) is 30.3 Å². The molecule has 5 heteroatoms. The fourth-order valence-electron chi connectivity index (χ4n) is 2.28. The molecular weight excluding hydrogens is 263 g/mol. The first-order chi connectivity index (χ1) is 7.24. The Morgan fingerprint density at radius 3 is 3.07 bits per heavy atom. The molecule has 80 valence electrons. The highest BCUT2D eigenvalue weighted by atomic mass is 79.9. The average molecular weight is 273 g/mol. The monoisotopic (exact) mass is 272 g/mol. The highest BCUT2D eigenvalue weighted by Crippen LogP contribution is 2.33. The molecule has 0 radical (unpaired) electrons. The van der Waals surface area contributed by atoms with E-state index in [9.17, 15) is 4.39 Å². The van der Waals surface area contributed by atoms with E-state index in [1.165, 1.54) is 6.07 Å². The van der Waals surface area contributed by atoms with Gasteiger partial charge in [-0.1, -0.05) is 0 Å². The molecule has 3 heterocycles. The Morgan fingerprint density at radius 1 is 1.60 bits per heavy atom. The second kappa shape index (κ2) is 3.42. The molecule has 0 aliphatic carbocycles. The molecule has 0 amide bonds. The summed E-state index contributed by atoms with van der Waals surface area (Å²) in [4.78, 5) is 6.14. The molecule has 2 atom stereocenters. The predicted octanol–water partition coefficient (Wildman–Crippen LogP) is 1.96. The molecule has 2 aliphatic rings. The first-order valence-corrected chi connectivity index (χ1v) is 5.72. The molecule has 2 unspecified atom stereocenters. The molecule has 0 aromatic carbocycles. The van der Waals surface area contributed by atoms with Gasteiger partial charge in [-0.15, -0.1) is 0 Å². The van der Waals surface area contributed by atoms with Crippen molar-refractivity contribution in [2.75, 3.05) is 18.1 Å². The summed E-state index contributed by atoms with van der Waals surface area (Å²) in [5, 5.41) is 0. The Labute approximate surface area is 95.4 Å². The van der Waals surface area contributed by atoms with Crippen LogP contribution in [0, 0.1) is 5.82 Å². The van der Waals surface area contributed by atoms with E-state index in [0.29, 0.717) is 22.9 Å². The lowest BCUT2D eigenvalue weighted by Crippen LogP contribution is -2.38. The van der Waals surface area contributed by atoms with Crippen LogP contribution in [0.1, 0.15) is 6.42 Å². The number of nitrogens with zero attached hydrogens (tertiary/aromatic N) is 2. The van der Waals surface area contributed by atoms with Crippen molar-refractivity contribution >= 4 is 21.7 Å². The van der Waals surface area contributed by atoms with Gasteiger partial charge in [0.05, 0.1) is 18.8 Å². The Morgan fingerprint density at radius 2 is 2.47 bits per heavy atom. The Bertz CT molecular complexity index is 401. The summed E-state index contributed by atoms with van der Waals surface area (Å²) in [6.07, 6.45) is 2.89. The average Bonchev–Trinajstić information content (AvgIpc) is 2.78. The van der Waals surface area contributed by atoms with E-state index in [4.69, 9.17) is 4.74 Å². The lowest BCUT2D eigenvalue weighted by Gasteiger charge is -2.28. The van der Waals surface area contributed by atoms with E-state index < -0.39 is 0 Å². The van der Waals surface area contributed by atoms with Gasteiger partial charge in [-0.2, -0.15) is 0 Å². The topological polar surface area (TPSA) is 25.4 Å². The van der Waals surface area contributed by atoms with E-state index in [2.05, 4.69) is 20.9 Å². The molecule has 3 nitrogen and oxygen atoms in total. The third-order valence-electron chi connectivity index (χ3n) is 2.96. The van der Waals surface area contributed by atoms with E-state index in [-0.39, 0.29) is 11.9 Å². The van der Waals surface area contributed by atoms with Crippen molar-refractivity contribution in [3.8, 4) is 0 Å². The van der Waals surface area contributed by atoms with Gasteiger partial charge in [0.2, 0.25) is 0 Å². The van der Waals surface area contributed by atoms with Crippen molar-refractivity contribution < 1.29 is 9.13 Å². The highest BCUT2D eigenvalue weighted by molar-refractivity contribution is 9.10. The van der Waals surface area contributed by atoms with E-state index >= 15 is 0 Å². The number of pyridine rings is 1. The Hall–Kier alpha value is -0.680. The van der Waals surface area contributed by atoms with Gasteiger partial charge in [-0.25, -0.2) is 9.37 Å². The van der Waals surface area contributed by atoms with Crippen LogP contribution in [0.25, 0.3) is 0 Å². The van der Waals surface area contributed by atoms with E-state index in [0.717, 1.165) is 13.0 Å². The number of halogens is 2. The largest absolute Gasteiger partial charge is 0.374 e. The summed E-state index contributed by atoms with van der Waals surface area (Å²) >= 11 is 3.20. The fraction of sp³-hybridized carbons (Fsp3) is 0.500. The first-order valence-electron chi connectivity index (χ1n) is 4.93. The number of ether oxygens (including phenoxy) is 1. The SMILES string of the molecule is Fc1cc(Br)cnc1N1CC2CC1CO2. The van der Waals surface area contributed by atoms with Gasteiger partial charge >= 0.3 is 0 Å². The zero-order valence-corrected chi connectivity index (χ0v) is 9.58. The van der Waals surface area contributed by atoms with Gasteiger partial charge < -0.3 is 9.64 Å². The molecule has 0 saturated carbocycles. The Kier molecular flexibility index (Phi) is 2.17. The van der Waals surface area contributed by atoms with Crippen molar-refractivity contribution in [3.05, 3.63) is 22.6 Å². The van der Waals surface area contributed by atoms with Gasteiger partial charge in [-0.3, -0.25) is 0 Å². The fourth-order valence-corrected chi connectivity index (χ4v) is 2.58. The standard InChI is InChI=1S/C10H10BrFN2O/c11-6-1-9(12)10(13-3-6)14-4-8-2-7(14)5-15-8/h1,3,7-8H,2,4-5H2. The van der Waals surface area contributed by atoms with Crippen LogP contribution in [0.5, 0.6) is 0 Å². The second-order valence-corrected chi connectivity index (χ2v) is 4.87. The zero-order chi connectivity index (χ0) is 10.4. The third-order valence-corrected chi connectivity index (χ3v) is 3.39. The minimum absolute atomic E-state index is 0.264. The summed E-state index contributed by atoms with van der Waals surface area (Å²) in [7, 11) is 0. The summed E-state index contributed by atoms with van der Waals surface area (Å²) in [6, 6.07) is 1.76. The summed E-state index contributed by atoms with van der Waals surface area (Å²) in [6.45, 7) is 1.46. The maximum atomic E-state index is 13.7. The molecule has 2 aliphatic heterocycles. The van der Waals surface area contributed by atoms with Gasteiger partial charge in [-0.05, 0) is 28.4 Å². The lowest BCUT2D eigenvalue weighted by molar-refractivity contribution is 0.0986. The molecule has 3 rings (SSSR count). The van der Waals surface area contributed by atoms with Gasteiger partial charge in [0.1, 0.15) is 0 Å². The first kappa shape index (κ1) is 9.54. The van der Waals surface area contributed by atoms with Crippen molar-refractivity contribution in [2.24, 2.45) is 0 Å². The van der Waals surface area contributed by atoms with Crippen LogP contribution in [0.4, 0.5) is 10.2 Å². The Balaban J connectivity index is 1.93. The minimum Gasteiger partial charge on any atom is -0.374 e. The van der Waals surface area contributed by atoms with Crippen LogP contribution >= 0.6 is 15.9 Å². The normalized spacial score (nSPS) is 28.8. The number of morpholine rings is 1. The van der Waals surface area contributed by atoms with Crippen molar-refractivity contribution in [1.82, 2.24) is 4.98 Å². The van der Waals surface area contributed by atoms with Crippen LogP contribution in [0.15, 0.2) is 16.7 Å². The van der Waals surface area contributed by atoms with Crippen LogP contribution in [-0.2, 0) is 4.74 Å². The number of anilines is 1. The molecule has 0 N–H and O–H groups in total. The minimum atomic E-state index is -0.267. The maximum Gasteiger partial charge on any atom is 0.166 e. The van der Waals surface area contributed by atoms with Crippen molar-refractivity contribution in [2.45, 2.75) is 18.6 Å². The lowest BCUT2D eigenvalue weighted by atomic mass is 10.2. The van der Waals surface area contributed by atoms with E-state index in [1.807, 2.05) is 4.90 Å². The molecule has 1 aromatic heterocycles. The molecule has 15 heavy (non-hydrogen) atoms. The number of fused-ring (bicyclic) bond motifs is 2. The summed E-state index contributed by atoms with van der Waals surface area (Å²) in [5.74, 6) is 0.186. The summed E-state index contributed by atoms with van der Waals surface area (Å²) < 4.78 is 19.8. The molecule has 2 bridgehead atoms. The van der Waals surface area contributed by atoms with Gasteiger partial charge in [0, 0.05) is 17.2 Å². The number of rotatable bonds is 1. The molecule has 2 saturated heterocycles. The smallest absolute Gasteiger partial charge is 0.166 e. The van der Waals surface area contributed by atoms with Crippen LogP contribution in [0.3, 0.4) is 0 Å². The molecule has 2 fully saturated rings. The quantitative estimate of drug-likeness (QED) is 0.782. The van der Waals surface area contributed by atoms with Crippen LogP contribution < -0.4 is 4.90 Å². The van der Waals surface area contributed by atoms with Gasteiger partial charge in [0.15, 0.2) is 11.6 Å². The maximum absolute atomic E-state index is 13.7. The number of aromatic nitrogens is 1. The number of hydrogen-bond acceptors (Lipinski definition) is 3. The molecule has 1 aromatic rings. The van der Waals surface area contributed by atoms with Gasteiger partial charge in [0.25, 0.3) is 0 Å². The molecule has 0 spiro atoms. The molecular formula is C10H10BrFN2O.